The number of ether oxygens (including phenoxy) is 1. The zero-order valence-corrected chi connectivity index (χ0v) is 15.9. The normalized spacial score (nSPS) is 14.1. The van der Waals surface area contributed by atoms with Crippen LogP contribution in [0.15, 0.2) is 62.9 Å². The van der Waals surface area contributed by atoms with Crippen molar-refractivity contribution in [3.63, 3.8) is 0 Å². The first-order valence-corrected chi connectivity index (χ1v) is 10.2. The Hall–Kier alpha value is -2.80. The molecular formula is C20H20N2O4S. The van der Waals surface area contributed by atoms with Gasteiger partial charge in [-0.05, 0) is 56.2 Å². The van der Waals surface area contributed by atoms with Crippen LogP contribution in [0, 0.1) is 6.92 Å². The van der Waals surface area contributed by atoms with Crippen molar-refractivity contribution < 1.29 is 17.6 Å². The molecule has 0 atom stereocenters. The van der Waals surface area contributed by atoms with Gasteiger partial charge in [-0.2, -0.15) is 4.98 Å². The summed E-state index contributed by atoms with van der Waals surface area (Å²) in [5, 5.41) is 3.07. The van der Waals surface area contributed by atoms with Crippen LogP contribution >= 0.6 is 0 Å². The zero-order chi connectivity index (χ0) is 19.0. The summed E-state index contributed by atoms with van der Waals surface area (Å²) in [7, 11) is -2.21. The molecule has 1 aliphatic carbocycles. The number of hydrogen-bond donors (Lipinski definition) is 1. The van der Waals surface area contributed by atoms with Crippen molar-refractivity contribution >= 4 is 15.7 Å². The van der Waals surface area contributed by atoms with E-state index in [1.807, 2.05) is 6.92 Å². The number of anilines is 1. The molecule has 1 N–H and O–H groups in total. The van der Waals surface area contributed by atoms with Crippen molar-refractivity contribution in [3.05, 3.63) is 54.1 Å². The Bertz CT molecular complexity index is 1050. The monoisotopic (exact) mass is 384 g/mol. The van der Waals surface area contributed by atoms with E-state index < -0.39 is 9.84 Å². The molecule has 1 heterocycles. The minimum absolute atomic E-state index is 0.0796. The van der Waals surface area contributed by atoms with Gasteiger partial charge in [0.25, 0.3) is 0 Å². The van der Waals surface area contributed by atoms with Gasteiger partial charge in [-0.3, -0.25) is 0 Å². The molecule has 0 spiro atoms. The minimum Gasteiger partial charge on any atom is -0.497 e. The van der Waals surface area contributed by atoms with Crippen LogP contribution in [0.1, 0.15) is 18.4 Å². The molecule has 7 heteroatoms. The highest BCUT2D eigenvalue weighted by Crippen LogP contribution is 2.35. The first-order chi connectivity index (χ1) is 13.0. The largest absolute Gasteiger partial charge is 0.497 e. The van der Waals surface area contributed by atoms with Crippen molar-refractivity contribution in [1.82, 2.24) is 4.98 Å². The van der Waals surface area contributed by atoms with Gasteiger partial charge in [0.2, 0.25) is 26.6 Å². The molecule has 27 heavy (non-hydrogen) atoms. The summed E-state index contributed by atoms with van der Waals surface area (Å²) in [6.45, 7) is 1.91. The van der Waals surface area contributed by atoms with E-state index >= 15 is 0 Å². The number of benzene rings is 2. The van der Waals surface area contributed by atoms with Gasteiger partial charge >= 0.3 is 0 Å². The predicted molar refractivity (Wildman–Crippen MR) is 102 cm³/mol. The van der Waals surface area contributed by atoms with Gasteiger partial charge in [-0.1, -0.05) is 17.7 Å². The Balaban J connectivity index is 1.78. The van der Waals surface area contributed by atoms with Gasteiger partial charge in [-0.25, -0.2) is 8.42 Å². The Morgan fingerprint density at radius 2 is 1.74 bits per heavy atom. The van der Waals surface area contributed by atoms with E-state index in [4.69, 9.17) is 9.15 Å². The molecular weight excluding hydrogens is 364 g/mol. The van der Waals surface area contributed by atoms with E-state index in [-0.39, 0.29) is 27.7 Å². The lowest BCUT2D eigenvalue weighted by Gasteiger charge is -2.05. The van der Waals surface area contributed by atoms with Crippen LogP contribution in [-0.4, -0.2) is 26.6 Å². The first-order valence-electron chi connectivity index (χ1n) is 8.71. The molecule has 0 unspecified atom stereocenters. The average Bonchev–Trinajstić information content (AvgIpc) is 3.38. The zero-order valence-electron chi connectivity index (χ0n) is 15.1. The number of methoxy groups -OCH3 is 1. The second-order valence-electron chi connectivity index (χ2n) is 6.62. The fourth-order valence-corrected chi connectivity index (χ4v) is 3.94. The van der Waals surface area contributed by atoms with Crippen LogP contribution < -0.4 is 10.1 Å². The van der Waals surface area contributed by atoms with Crippen LogP contribution in [0.25, 0.3) is 11.5 Å². The number of nitrogens with one attached hydrogen (secondary N) is 1. The minimum atomic E-state index is -3.80. The molecule has 0 amide bonds. The third-order valence-corrected chi connectivity index (χ3v) is 6.11. The summed E-state index contributed by atoms with van der Waals surface area (Å²) in [4.78, 5) is 4.53. The number of aryl methyl sites for hydroxylation is 1. The average molecular weight is 384 g/mol. The number of hydrogen-bond acceptors (Lipinski definition) is 6. The first kappa shape index (κ1) is 17.6. The highest BCUT2D eigenvalue weighted by Gasteiger charge is 2.32. The summed E-state index contributed by atoms with van der Waals surface area (Å²) in [5.74, 6) is 1.16. The molecule has 3 aromatic rings. The van der Waals surface area contributed by atoms with Gasteiger partial charge < -0.3 is 14.5 Å². The number of sulfone groups is 1. The fraction of sp³-hybridized carbons (Fsp3) is 0.250. The Morgan fingerprint density at radius 1 is 1.07 bits per heavy atom. The van der Waals surface area contributed by atoms with Crippen molar-refractivity contribution in [2.45, 2.75) is 35.7 Å². The molecule has 1 fully saturated rings. The van der Waals surface area contributed by atoms with E-state index in [2.05, 4.69) is 10.3 Å². The second kappa shape index (κ2) is 6.74. The molecule has 1 aliphatic rings. The van der Waals surface area contributed by atoms with E-state index in [9.17, 15) is 8.42 Å². The predicted octanol–water partition coefficient (Wildman–Crippen LogP) is 4.07. The van der Waals surface area contributed by atoms with Gasteiger partial charge in [-0.15, -0.1) is 0 Å². The Kier molecular flexibility index (Phi) is 4.39. The van der Waals surface area contributed by atoms with Crippen molar-refractivity contribution in [2.75, 3.05) is 12.4 Å². The van der Waals surface area contributed by atoms with Crippen LogP contribution in [-0.2, 0) is 9.84 Å². The SMILES string of the molecule is COc1ccc(-c2nc(S(=O)(=O)c3ccc(C)cc3)c(NC3CC3)o2)cc1. The number of rotatable bonds is 6. The number of nitrogens with zero attached hydrogens (tertiary/aromatic N) is 1. The fourth-order valence-electron chi connectivity index (χ4n) is 2.68. The van der Waals surface area contributed by atoms with Gasteiger partial charge in [0, 0.05) is 11.6 Å². The van der Waals surface area contributed by atoms with Gasteiger partial charge in [0.1, 0.15) is 5.75 Å². The highest BCUT2D eigenvalue weighted by atomic mass is 32.2. The molecule has 0 saturated heterocycles. The standard InChI is InChI=1S/C20H20N2O4S/c1-13-3-11-17(12-4-13)27(23,24)20-19(21-15-7-8-15)26-18(22-20)14-5-9-16(25-2)10-6-14/h3-6,9-12,15,21H,7-8H2,1-2H3. The van der Waals surface area contributed by atoms with Crippen LogP contribution in [0.4, 0.5) is 5.88 Å². The smallest absolute Gasteiger partial charge is 0.234 e. The molecule has 0 bridgehead atoms. The van der Waals surface area contributed by atoms with Crippen LogP contribution in [0.2, 0.25) is 0 Å². The summed E-state index contributed by atoms with van der Waals surface area (Å²) in [5.41, 5.74) is 1.67. The van der Waals surface area contributed by atoms with E-state index in [1.54, 1.807) is 55.6 Å². The quantitative estimate of drug-likeness (QED) is 0.690. The molecule has 1 aromatic heterocycles. The number of oxazole rings is 1. The summed E-state index contributed by atoms with van der Waals surface area (Å²) >= 11 is 0. The summed E-state index contributed by atoms with van der Waals surface area (Å²) < 4.78 is 37.2. The van der Waals surface area contributed by atoms with Gasteiger partial charge in [0.05, 0.1) is 12.0 Å². The van der Waals surface area contributed by atoms with Crippen LogP contribution in [0.3, 0.4) is 0 Å². The number of aromatic nitrogens is 1. The molecule has 140 valence electrons. The maximum absolute atomic E-state index is 13.1. The van der Waals surface area contributed by atoms with E-state index in [1.165, 1.54) is 0 Å². The molecule has 4 rings (SSSR count). The van der Waals surface area contributed by atoms with Crippen LogP contribution in [0.5, 0.6) is 5.75 Å². The van der Waals surface area contributed by atoms with Crippen molar-refractivity contribution in [3.8, 4) is 17.2 Å². The third kappa shape index (κ3) is 3.55. The topological polar surface area (TPSA) is 81.4 Å². The maximum atomic E-state index is 13.1. The molecule has 6 nitrogen and oxygen atoms in total. The second-order valence-corrected chi connectivity index (χ2v) is 8.48. The Labute approximate surface area is 158 Å². The van der Waals surface area contributed by atoms with Gasteiger partial charge in [0.15, 0.2) is 0 Å². The molecule has 1 saturated carbocycles. The molecule has 2 aromatic carbocycles. The van der Waals surface area contributed by atoms with E-state index in [0.717, 1.165) is 18.4 Å². The van der Waals surface area contributed by atoms with E-state index in [0.29, 0.717) is 11.3 Å². The molecule has 0 radical (unpaired) electrons. The lowest BCUT2D eigenvalue weighted by Crippen LogP contribution is -2.08. The molecule has 0 aliphatic heterocycles. The lowest BCUT2D eigenvalue weighted by molar-refractivity contribution is 0.415. The lowest BCUT2D eigenvalue weighted by atomic mass is 10.2. The summed E-state index contributed by atoms with van der Waals surface area (Å²) in [6, 6.07) is 14.1. The third-order valence-electron chi connectivity index (χ3n) is 4.43. The van der Waals surface area contributed by atoms with Crippen molar-refractivity contribution in [1.29, 1.82) is 0 Å². The summed E-state index contributed by atoms with van der Waals surface area (Å²) in [6.07, 6.45) is 1.98. The van der Waals surface area contributed by atoms with Crippen molar-refractivity contribution in [2.24, 2.45) is 0 Å². The highest BCUT2D eigenvalue weighted by molar-refractivity contribution is 7.91. The Morgan fingerprint density at radius 3 is 2.33 bits per heavy atom. The maximum Gasteiger partial charge on any atom is 0.234 e.